The summed E-state index contributed by atoms with van der Waals surface area (Å²) in [5.74, 6) is 0.148. The van der Waals surface area contributed by atoms with E-state index in [-0.39, 0.29) is 37.7 Å². The van der Waals surface area contributed by atoms with E-state index in [0.717, 1.165) is 0 Å². The van der Waals surface area contributed by atoms with Gasteiger partial charge in [0.1, 0.15) is 4.83 Å². The van der Waals surface area contributed by atoms with Gasteiger partial charge in [0.2, 0.25) is 6.79 Å². The molecule has 0 N–H and O–H groups in total. The van der Waals surface area contributed by atoms with Crippen LogP contribution in [-0.2, 0) is 16.1 Å². The van der Waals surface area contributed by atoms with E-state index in [1.54, 1.807) is 29.6 Å². The number of rotatable bonds is 6. The summed E-state index contributed by atoms with van der Waals surface area (Å²) in [6, 6.07) is 6.48. The molecule has 1 aliphatic heterocycles. The third-order valence-corrected chi connectivity index (χ3v) is 4.89. The molecule has 0 bridgehead atoms. The second kappa shape index (κ2) is 7.20. The van der Waals surface area contributed by atoms with E-state index in [2.05, 4.69) is 4.98 Å². The summed E-state index contributed by atoms with van der Waals surface area (Å²) in [6.07, 6.45) is 1.37. The fourth-order valence-corrected chi connectivity index (χ4v) is 3.36. The first kappa shape index (κ1) is 17.2. The van der Waals surface area contributed by atoms with Crippen molar-refractivity contribution in [3.8, 4) is 11.5 Å². The van der Waals surface area contributed by atoms with Gasteiger partial charge in [0, 0.05) is 12.1 Å². The van der Waals surface area contributed by atoms with Crippen LogP contribution in [0.1, 0.15) is 16.8 Å². The molecule has 9 heteroatoms. The number of hydrogen-bond donors (Lipinski definition) is 0. The normalized spacial score (nSPS) is 12.3. The van der Waals surface area contributed by atoms with Gasteiger partial charge >= 0.3 is 5.97 Å². The lowest BCUT2D eigenvalue weighted by atomic mass is 10.1. The minimum Gasteiger partial charge on any atom is -0.457 e. The van der Waals surface area contributed by atoms with Gasteiger partial charge in [-0.3, -0.25) is 19.0 Å². The highest BCUT2D eigenvalue weighted by molar-refractivity contribution is 7.16. The van der Waals surface area contributed by atoms with E-state index < -0.39 is 5.97 Å². The lowest BCUT2D eigenvalue weighted by Gasteiger charge is -2.07. The Bertz CT molecular complexity index is 1090. The van der Waals surface area contributed by atoms with Crippen molar-refractivity contribution in [2.24, 2.45) is 0 Å². The van der Waals surface area contributed by atoms with E-state index in [0.29, 0.717) is 27.3 Å². The van der Waals surface area contributed by atoms with Crippen LogP contribution in [0.4, 0.5) is 0 Å². The molecule has 4 rings (SSSR count). The van der Waals surface area contributed by atoms with Gasteiger partial charge < -0.3 is 14.2 Å². The minimum atomic E-state index is -0.568. The third-order valence-electron chi connectivity index (χ3n) is 4.07. The topological polar surface area (TPSA) is 96.7 Å². The number of thiophene rings is 1. The first-order chi connectivity index (χ1) is 13.1. The number of ether oxygens (including phenoxy) is 3. The Hall–Kier alpha value is -3.20. The Balaban J connectivity index is 1.32. The lowest BCUT2D eigenvalue weighted by Crippen LogP contribution is -2.22. The van der Waals surface area contributed by atoms with Gasteiger partial charge in [-0.1, -0.05) is 0 Å². The molecule has 27 heavy (non-hydrogen) atoms. The van der Waals surface area contributed by atoms with E-state index in [1.165, 1.54) is 22.2 Å². The Labute approximate surface area is 156 Å². The SMILES string of the molecule is O=C(CCn1cnc2sccc2c1=O)OCC(=O)c1ccc2c(c1)OCO2. The molecule has 8 nitrogen and oxygen atoms in total. The molecule has 0 unspecified atom stereocenters. The number of hydrogen-bond acceptors (Lipinski definition) is 8. The van der Waals surface area contributed by atoms with E-state index in [4.69, 9.17) is 14.2 Å². The second-order valence-electron chi connectivity index (χ2n) is 5.78. The number of nitrogens with zero attached hydrogens (tertiary/aromatic N) is 2. The van der Waals surface area contributed by atoms with Crippen molar-refractivity contribution in [1.29, 1.82) is 0 Å². The van der Waals surface area contributed by atoms with Crippen LogP contribution in [0.5, 0.6) is 11.5 Å². The maximum atomic E-state index is 12.2. The van der Waals surface area contributed by atoms with Crippen molar-refractivity contribution < 1.29 is 23.8 Å². The molecular weight excluding hydrogens is 372 g/mol. The number of esters is 1. The molecule has 0 radical (unpaired) electrons. The van der Waals surface area contributed by atoms with Gasteiger partial charge in [0.25, 0.3) is 5.56 Å². The van der Waals surface area contributed by atoms with Crippen LogP contribution in [0.25, 0.3) is 10.2 Å². The number of carbonyl (C=O) groups is 2. The van der Waals surface area contributed by atoms with Gasteiger partial charge in [0.15, 0.2) is 23.9 Å². The molecule has 1 aromatic carbocycles. The molecule has 0 fully saturated rings. The number of ketones is 1. The fraction of sp³-hybridized carbons (Fsp3) is 0.222. The molecule has 0 saturated heterocycles. The molecular formula is C18H14N2O6S. The predicted octanol–water partition coefficient (Wildman–Crippen LogP) is 2.00. The average molecular weight is 386 g/mol. The van der Waals surface area contributed by atoms with Crippen molar-refractivity contribution in [1.82, 2.24) is 9.55 Å². The summed E-state index contributed by atoms with van der Waals surface area (Å²) < 4.78 is 16.8. The molecule has 0 saturated carbocycles. The molecule has 0 amide bonds. The van der Waals surface area contributed by atoms with Crippen molar-refractivity contribution in [2.75, 3.05) is 13.4 Å². The number of benzene rings is 1. The fourth-order valence-electron chi connectivity index (χ4n) is 2.64. The number of fused-ring (bicyclic) bond motifs is 2. The maximum Gasteiger partial charge on any atom is 0.308 e. The summed E-state index contributed by atoms with van der Waals surface area (Å²) in [6.45, 7) is -0.128. The Kier molecular flexibility index (Phi) is 4.59. The van der Waals surface area contributed by atoms with Crippen molar-refractivity contribution in [3.63, 3.8) is 0 Å². The molecule has 2 aromatic heterocycles. The second-order valence-corrected chi connectivity index (χ2v) is 6.68. The van der Waals surface area contributed by atoms with Crippen LogP contribution in [-0.4, -0.2) is 34.7 Å². The molecule has 3 heterocycles. The Morgan fingerprint density at radius 3 is 2.96 bits per heavy atom. The lowest BCUT2D eigenvalue weighted by molar-refractivity contribution is -0.142. The Morgan fingerprint density at radius 2 is 2.07 bits per heavy atom. The predicted molar refractivity (Wildman–Crippen MR) is 96.4 cm³/mol. The van der Waals surface area contributed by atoms with Crippen LogP contribution < -0.4 is 15.0 Å². The number of carbonyl (C=O) groups excluding carboxylic acids is 2. The molecule has 3 aromatic rings. The highest BCUT2D eigenvalue weighted by Gasteiger charge is 2.17. The quantitative estimate of drug-likeness (QED) is 0.472. The highest BCUT2D eigenvalue weighted by Crippen LogP contribution is 2.32. The van der Waals surface area contributed by atoms with Crippen LogP contribution in [0.3, 0.4) is 0 Å². The number of Topliss-reactive ketones (excluding diaryl/α,β-unsaturated/α-hetero) is 1. The summed E-state index contributed by atoms with van der Waals surface area (Å²) in [7, 11) is 0. The van der Waals surface area contributed by atoms with Crippen LogP contribution >= 0.6 is 11.3 Å². The zero-order valence-corrected chi connectivity index (χ0v) is 14.9. The zero-order valence-electron chi connectivity index (χ0n) is 14.0. The van der Waals surface area contributed by atoms with Crippen molar-refractivity contribution in [2.45, 2.75) is 13.0 Å². The summed E-state index contributed by atoms with van der Waals surface area (Å²) in [5, 5.41) is 2.31. The van der Waals surface area contributed by atoms with E-state index in [1.807, 2.05) is 0 Å². The van der Waals surface area contributed by atoms with Gasteiger partial charge in [-0.25, -0.2) is 4.98 Å². The summed E-state index contributed by atoms with van der Waals surface area (Å²) in [4.78, 5) is 41.2. The smallest absolute Gasteiger partial charge is 0.308 e. The van der Waals surface area contributed by atoms with Crippen LogP contribution in [0.2, 0.25) is 0 Å². The summed E-state index contributed by atoms with van der Waals surface area (Å²) in [5.41, 5.74) is 0.167. The molecule has 0 aliphatic carbocycles. The first-order valence-corrected chi connectivity index (χ1v) is 9.01. The highest BCUT2D eigenvalue weighted by atomic mass is 32.1. The first-order valence-electron chi connectivity index (χ1n) is 8.13. The van der Waals surface area contributed by atoms with Crippen LogP contribution in [0.15, 0.2) is 40.8 Å². The van der Waals surface area contributed by atoms with E-state index in [9.17, 15) is 14.4 Å². The Morgan fingerprint density at radius 1 is 1.22 bits per heavy atom. The van der Waals surface area contributed by atoms with Crippen molar-refractivity contribution >= 4 is 33.3 Å². The molecule has 1 aliphatic rings. The third kappa shape index (κ3) is 3.54. The number of aryl methyl sites for hydroxylation is 1. The maximum absolute atomic E-state index is 12.2. The van der Waals surface area contributed by atoms with Crippen LogP contribution in [0, 0.1) is 0 Å². The zero-order chi connectivity index (χ0) is 18.8. The summed E-state index contributed by atoms with van der Waals surface area (Å²) >= 11 is 1.38. The molecule has 0 atom stereocenters. The van der Waals surface area contributed by atoms with Gasteiger partial charge in [-0.2, -0.15) is 0 Å². The van der Waals surface area contributed by atoms with E-state index >= 15 is 0 Å². The van der Waals surface area contributed by atoms with Gasteiger partial charge in [0.05, 0.1) is 18.1 Å². The molecule has 138 valence electrons. The van der Waals surface area contributed by atoms with Gasteiger partial charge in [-0.05, 0) is 29.6 Å². The largest absolute Gasteiger partial charge is 0.457 e. The average Bonchev–Trinajstić information content (AvgIpc) is 3.34. The van der Waals surface area contributed by atoms with Crippen molar-refractivity contribution in [3.05, 3.63) is 51.9 Å². The molecule has 0 spiro atoms. The monoisotopic (exact) mass is 386 g/mol. The standard InChI is InChI=1S/C18H14N2O6S/c21-13(11-1-2-14-15(7-11)26-10-25-14)8-24-16(22)3-5-20-9-19-17-12(18(20)23)4-6-27-17/h1-2,4,6-7,9H,3,5,8,10H2. The minimum absolute atomic E-state index is 0.0361. The number of aromatic nitrogens is 2. The van der Waals surface area contributed by atoms with Gasteiger partial charge in [-0.15, -0.1) is 11.3 Å².